The number of rotatable bonds is 3. The van der Waals surface area contributed by atoms with E-state index in [1.165, 1.54) is 0 Å². The topological polar surface area (TPSA) is 56.4 Å². The van der Waals surface area contributed by atoms with Crippen molar-refractivity contribution in [2.45, 2.75) is 18.8 Å². The molecule has 102 valence electrons. The molecule has 5 heteroatoms. The highest BCUT2D eigenvalue weighted by Crippen LogP contribution is 2.33. The van der Waals surface area contributed by atoms with Gasteiger partial charge in [-0.3, -0.25) is 0 Å². The van der Waals surface area contributed by atoms with Crippen molar-refractivity contribution in [1.82, 2.24) is 9.97 Å². The van der Waals surface area contributed by atoms with Gasteiger partial charge in [0.15, 0.2) is 11.5 Å². The van der Waals surface area contributed by atoms with Crippen LogP contribution in [-0.2, 0) is 4.74 Å². The molecule has 2 heterocycles. The Morgan fingerprint density at radius 1 is 1.16 bits per heavy atom. The molecule has 0 radical (unpaired) electrons. The molecule has 1 aromatic heterocycles. The summed E-state index contributed by atoms with van der Waals surface area (Å²) in [4.78, 5) is 8.06. The molecule has 0 atom stereocenters. The monoisotopic (exact) mass is 262 g/mol. The number of nitrogens with one attached hydrogen (secondary N) is 1. The molecular weight excluding hydrogens is 244 g/mol. The molecule has 1 N–H and O–H groups in total. The second-order valence-electron chi connectivity index (χ2n) is 4.73. The predicted octanol–water partition coefficient (Wildman–Crippen LogP) is 2.47. The third-order valence-electron chi connectivity index (χ3n) is 3.61. The van der Waals surface area contributed by atoms with Crippen LogP contribution in [0.15, 0.2) is 12.1 Å². The van der Waals surface area contributed by atoms with Crippen molar-refractivity contribution in [1.29, 1.82) is 0 Å². The third-order valence-corrected chi connectivity index (χ3v) is 3.61. The number of methoxy groups -OCH3 is 2. The Kier molecular flexibility index (Phi) is 3.29. The summed E-state index contributed by atoms with van der Waals surface area (Å²) in [5.74, 6) is 2.92. The van der Waals surface area contributed by atoms with Crippen LogP contribution in [0.25, 0.3) is 11.0 Å². The molecule has 0 spiro atoms. The first-order valence-electron chi connectivity index (χ1n) is 6.51. The quantitative estimate of drug-likeness (QED) is 0.923. The van der Waals surface area contributed by atoms with Gasteiger partial charge in [-0.15, -0.1) is 0 Å². The summed E-state index contributed by atoms with van der Waals surface area (Å²) in [7, 11) is 3.27. The first-order valence-corrected chi connectivity index (χ1v) is 6.51. The molecule has 3 rings (SSSR count). The highest BCUT2D eigenvalue weighted by molar-refractivity contribution is 5.79. The van der Waals surface area contributed by atoms with Gasteiger partial charge in [0.05, 0.1) is 25.3 Å². The maximum Gasteiger partial charge on any atom is 0.163 e. The smallest absolute Gasteiger partial charge is 0.163 e. The van der Waals surface area contributed by atoms with Crippen LogP contribution in [0, 0.1) is 0 Å². The van der Waals surface area contributed by atoms with Crippen molar-refractivity contribution in [3.8, 4) is 11.5 Å². The van der Waals surface area contributed by atoms with Gasteiger partial charge in [0, 0.05) is 31.3 Å². The molecule has 1 aliphatic rings. The van der Waals surface area contributed by atoms with Gasteiger partial charge < -0.3 is 19.2 Å². The summed E-state index contributed by atoms with van der Waals surface area (Å²) < 4.78 is 16.0. The summed E-state index contributed by atoms with van der Waals surface area (Å²) in [6.07, 6.45) is 2.04. The fourth-order valence-electron chi connectivity index (χ4n) is 2.52. The number of fused-ring (bicyclic) bond motifs is 1. The number of ether oxygens (including phenoxy) is 3. The summed E-state index contributed by atoms with van der Waals surface area (Å²) in [6.45, 7) is 1.63. The van der Waals surface area contributed by atoms with Crippen LogP contribution in [0.4, 0.5) is 0 Å². The number of benzene rings is 1. The lowest BCUT2D eigenvalue weighted by Gasteiger charge is -2.19. The fourth-order valence-corrected chi connectivity index (χ4v) is 2.52. The third kappa shape index (κ3) is 2.26. The number of hydrogen-bond donors (Lipinski definition) is 1. The van der Waals surface area contributed by atoms with Crippen LogP contribution >= 0.6 is 0 Å². The van der Waals surface area contributed by atoms with Crippen molar-refractivity contribution in [2.24, 2.45) is 0 Å². The van der Waals surface area contributed by atoms with E-state index in [1.807, 2.05) is 12.1 Å². The van der Waals surface area contributed by atoms with Crippen LogP contribution in [0.2, 0.25) is 0 Å². The Morgan fingerprint density at radius 3 is 2.53 bits per heavy atom. The standard InChI is InChI=1S/C14H18N2O3/c1-17-12-7-10-11(8-13(12)18-2)16-14(15-10)9-3-5-19-6-4-9/h7-9H,3-6H2,1-2H3,(H,15,16). The number of aromatic nitrogens is 2. The first kappa shape index (κ1) is 12.3. The minimum absolute atomic E-state index is 0.457. The second-order valence-corrected chi connectivity index (χ2v) is 4.73. The largest absolute Gasteiger partial charge is 0.493 e. The SMILES string of the molecule is COc1cc2nc(C3CCOCC3)[nH]c2cc1OC. The molecule has 0 unspecified atom stereocenters. The molecular formula is C14H18N2O3. The minimum Gasteiger partial charge on any atom is -0.493 e. The van der Waals surface area contributed by atoms with Crippen molar-refractivity contribution in [3.63, 3.8) is 0 Å². The van der Waals surface area contributed by atoms with E-state index >= 15 is 0 Å². The Labute approximate surface area is 111 Å². The van der Waals surface area contributed by atoms with Gasteiger partial charge in [0.1, 0.15) is 5.82 Å². The first-order chi connectivity index (χ1) is 9.31. The van der Waals surface area contributed by atoms with E-state index in [4.69, 9.17) is 14.2 Å². The van der Waals surface area contributed by atoms with E-state index in [2.05, 4.69) is 9.97 Å². The molecule has 0 bridgehead atoms. The van der Waals surface area contributed by atoms with Gasteiger partial charge in [-0.25, -0.2) is 4.98 Å². The Morgan fingerprint density at radius 2 is 1.84 bits per heavy atom. The maximum atomic E-state index is 5.39. The number of aromatic amines is 1. The summed E-state index contributed by atoms with van der Waals surface area (Å²) in [6, 6.07) is 3.84. The van der Waals surface area contributed by atoms with E-state index < -0.39 is 0 Å². The average molecular weight is 262 g/mol. The summed E-state index contributed by atoms with van der Waals surface area (Å²) in [5.41, 5.74) is 1.90. The number of nitrogens with zero attached hydrogens (tertiary/aromatic N) is 1. The molecule has 0 aliphatic carbocycles. The van der Waals surface area contributed by atoms with Crippen molar-refractivity contribution >= 4 is 11.0 Å². The summed E-state index contributed by atoms with van der Waals surface area (Å²) in [5, 5.41) is 0. The fraction of sp³-hybridized carbons (Fsp3) is 0.500. The van der Waals surface area contributed by atoms with Gasteiger partial charge in [0.25, 0.3) is 0 Å². The molecule has 1 fully saturated rings. The lowest BCUT2D eigenvalue weighted by molar-refractivity contribution is 0.0838. The number of hydrogen-bond acceptors (Lipinski definition) is 4. The van der Waals surface area contributed by atoms with Crippen molar-refractivity contribution < 1.29 is 14.2 Å². The molecule has 1 aromatic carbocycles. The van der Waals surface area contributed by atoms with Crippen molar-refractivity contribution in [3.05, 3.63) is 18.0 Å². The lowest BCUT2D eigenvalue weighted by Crippen LogP contribution is -2.15. The Balaban J connectivity index is 1.99. The van der Waals surface area contributed by atoms with E-state index in [1.54, 1.807) is 14.2 Å². The Hall–Kier alpha value is -1.75. The molecule has 1 saturated heterocycles. The molecule has 2 aromatic rings. The minimum atomic E-state index is 0.457. The van der Waals surface area contributed by atoms with Gasteiger partial charge in [0.2, 0.25) is 0 Å². The van der Waals surface area contributed by atoms with Crippen LogP contribution in [0.3, 0.4) is 0 Å². The second kappa shape index (κ2) is 5.09. The van der Waals surface area contributed by atoms with Crippen LogP contribution in [-0.4, -0.2) is 37.4 Å². The molecule has 5 nitrogen and oxygen atoms in total. The van der Waals surface area contributed by atoms with E-state index in [-0.39, 0.29) is 0 Å². The number of imidazole rings is 1. The molecule has 1 aliphatic heterocycles. The molecule has 0 saturated carbocycles. The van der Waals surface area contributed by atoms with E-state index in [9.17, 15) is 0 Å². The highest BCUT2D eigenvalue weighted by Gasteiger charge is 2.20. The predicted molar refractivity (Wildman–Crippen MR) is 72.0 cm³/mol. The van der Waals surface area contributed by atoms with Crippen LogP contribution in [0.1, 0.15) is 24.6 Å². The van der Waals surface area contributed by atoms with E-state index in [0.717, 1.165) is 48.7 Å². The zero-order valence-corrected chi connectivity index (χ0v) is 11.2. The molecule has 19 heavy (non-hydrogen) atoms. The van der Waals surface area contributed by atoms with Gasteiger partial charge in [-0.05, 0) is 12.8 Å². The highest BCUT2D eigenvalue weighted by atomic mass is 16.5. The average Bonchev–Trinajstić information content (AvgIpc) is 2.89. The lowest BCUT2D eigenvalue weighted by atomic mass is 10.00. The normalized spacial score (nSPS) is 16.7. The van der Waals surface area contributed by atoms with E-state index in [0.29, 0.717) is 11.7 Å². The summed E-state index contributed by atoms with van der Waals surface area (Å²) >= 11 is 0. The van der Waals surface area contributed by atoms with Gasteiger partial charge >= 0.3 is 0 Å². The van der Waals surface area contributed by atoms with Gasteiger partial charge in [-0.2, -0.15) is 0 Å². The van der Waals surface area contributed by atoms with Crippen molar-refractivity contribution in [2.75, 3.05) is 27.4 Å². The number of H-pyrrole nitrogens is 1. The van der Waals surface area contributed by atoms with Crippen LogP contribution < -0.4 is 9.47 Å². The Bertz CT molecular complexity index is 532. The van der Waals surface area contributed by atoms with Gasteiger partial charge in [-0.1, -0.05) is 0 Å². The molecule has 0 amide bonds. The maximum absolute atomic E-state index is 5.39. The zero-order valence-electron chi connectivity index (χ0n) is 11.2. The zero-order chi connectivity index (χ0) is 13.2. The van der Waals surface area contributed by atoms with Crippen LogP contribution in [0.5, 0.6) is 11.5 Å².